The van der Waals surface area contributed by atoms with E-state index in [0.717, 1.165) is 39.7 Å². The van der Waals surface area contributed by atoms with E-state index in [1.54, 1.807) is 0 Å². The monoisotopic (exact) mass is 231 g/mol. The summed E-state index contributed by atoms with van der Waals surface area (Å²) in [6.45, 7) is 4.18. The highest BCUT2D eigenvalue weighted by Gasteiger charge is 2.12. The van der Waals surface area contributed by atoms with E-state index in [0.29, 0.717) is 0 Å². The Kier molecular flexibility index (Phi) is 4.09. The molecule has 1 aromatic rings. The predicted octanol–water partition coefficient (Wildman–Crippen LogP) is 4.16. The molecule has 0 spiro atoms. The van der Waals surface area contributed by atoms with Crippen molar-refractivity contribution in [1.29, 1.82) is 0 Å². The van der Waals surface area contributed by atoms with Crippen LogP contribution in [-0.4, -0.2) is 7.05 Å². The summed E-state index contributed by atoms with van der Waals surface area (Å²) in [5.41, 5.74) is 3.15. The lowest BCUT2D eigenvalue weighted by Gasteiger charge is -2.13. The first-order valence-corrected chi connectivity index (χ1v) is 5.58. The van der Waals surface area contributed by atoms with E-state index in [1.807, 2.05) is 7.05 Å². The fraction of sp³-hybridized carbons (Fsp3) is 0.455. The van der Waals surface area contributed by atoms with Crippen molar-refractivity contribution < 1.29 is 0 Å². The van der Waals surface area contributed by atoms with Crippen molar-refractivity contribution in [2.45, 2.75) is 26.7 Å². The van der Waals surface area contributed by atoms with Gasteiger partial charge in [0, 0.05) is 7.05 Å². The second-order valence-corrected chi connectivity index (χ2v) is 3.91. The molecule has 1 aromatic carbocycles. The van der Waals surface area contributed by atoms with Gasteiger partial charge < -0.3 is 5.32 Å². The summed E-state index contributed by atoms with van der Waals surface area (Å²) in [4.78, 5) is 0. The fourth-order valence-electron chi connectivity index (χ4n) is 1.49. The summed E-state index contributed by atoms with van der Waals surface area (Å²) in [6.07, 6.45) is 1.86. The summed E-state index contributed by atoms with van der Waals surface area (Å²) in [6, 6.07) is 2.09. The van der Waals surface area contributed by atoms with Crippen molar-refractivity contribution in [3.05, 3.63) is 27.2 Å². The lowest BCUT2D eigenvalue weighted by molar-refractivity contribution is 1.09. The molecule has 0 aliphatic heterocycles. The number of halogens is 2. The second kappa shape index (κ2) is 4.90. The third-order valence-corrected chi connectivity index (χ3v) is 3.23. The zero-order valence-corrected chi connectivity index (χ0v) is 10.3. The lowest BCUT2D eigenvalue weighted by Crippen LogP contribution is -1.97. The molecule has 0 radical (unpaired) electrons. The molecule has 0 aromatic heterocycles. The first-order chi connectivity index (χ1) is 6.65. The third kappa shape index (κ3) is 1.99. The summed E-state index contributed by atoms with van der Waals surface area (Å²) in [7, 11) is 1.84. The van der Waals surface area contributed by atoms with Crippen LogP contribution in [0.4, 0.5) is 5.69 Å². The van der Waals surface area contributed by atoms with Gasteiger partial charge in [0.1, 0.15) is 0 Å². The highest BCUT2D eigenvalue weighted by molar-refractivity contribution is 6.40. The number of aryl methyl sites for hydroxylation is 2. The number of anilines is 1. The van der Waals surface area contributed by atoms with Crippen LogP contribution in [-0.2, 0) is 12.8 Å². The number of hydrogen-bond donors (Lipinski definition) is 1. The van der Waals surface area contributed by atoms with Crippen molar-refractivity contribution >= 4 is 28.9 Å². The molecule has 1 N–H and O–H groups in total. The SMILES string of the molecule is CCc1cc(CC)c(Cl)c(NC)c1Cl. The number of rotatable bonds is 3. The molecule has 0 saturated heterocycles. The minimum Gasteiger partial charge on any atom is -0.386 e. The van der Waals surface area contributed by atoms with Gasteiger partial charge in [0.25, 0.3) is 0 Å². The number of benzene rings is 1. The van der Waals surface area contributed by atoms with Crippen LogP contribution in [0.5, 0.6) is 0 Å². The largest absolute Gasteiger partial charge is 0.386 e. The zero-order valence-electron chi connectivity index (χ0n) is 8.75. The number of nitrogens with one attached hydrogen (secondary N) is 1. The third-order valence-electron chi connectivity index (χ3n) is 2.36. The maximum absolute atomic E-state index is 6.20. The van der Waals surface area contributed by atoms with Gasteiger partial charge in [-0.3, -0.25) is 0 Å². The van der Waals surface area contributed by atoms with E-state index < -0.39 is 0 Å². The van der Waals surface area contributed by atoms with Crippen LogP contribution >= 0.6 is 23.2 Å². The minimum atomic E-state index is 0.747. The Morgan fingerprint density at radius 3 is 1.79 bits per heavy atom. The summed E-state index contributed by atoms with van der Waals surface area (Å²) >= 11 is 12.4. The van der Waals surface area contributed by atoms with Gasteiger partial charge in [-0.1, -0.05) is 43.1 Å². The molecule has 0 aliphatic carbocycles. The molecule has 0 fully saturated rings. The lowest BCUT2D eigenvalue weighted by atomic mass is 10.1. The van der Waals surface area contributed by atoms with Gasteiger partial charge >= 0.3 is 0 Å². The standard InChI is InChI=1S/C11H15Cl2N/c1-4-7-6-8(5-2)10(13)11(14-3)9(7)12/h6,14H,4-5H2,1-3H3. The highest BCUT2D eigenvalue weighted by atomic mass is 35.5. The van der Waals surface area contributed by atoms with E-state index in [1.165, 1.54) is 0 Å². The van der Waals surface area contributed by atoms with Gasteiger partial charge in [0.15, 0.2) is 0 Å². The predicted molar refractivity (Wildman–Crippen MR) is 64.8 cm³/mol. The molecule has 0 atom stereocenters. The quantitative estimate of drug-likeness (QED) is 0.824. The molecular formula is C11H15Cl2N. The normalized spacial score (nSPS) is 10.4. The summed E-state index contributed by atoms with van der Waals surface area (Å²) < 4.78 is 0. The summed E-state index contributed by atoms with van der Waals surface area (Å²) in [5, 5.41) is 4.54. The summed E-state index contributed by atoms with van der Waals surface area (Å²) in [5.74, 6) is 0. The molecular weight excluding hydrogens is 217 g/mol. The molecule has 0 heterocycles. The molecule has 3 heteroatoms. The maximum Gasteiger partial charge on any atom is 0.0722 e. The molecule has 0 saturated carbocycles. The van der Waals surface area contributed by atoms with Crippen LogP contribution in [0.3, 0.4) is 0 Å². The Morgan fingerprint density at radius 1 is 1.07 bits per heavy atom. The van der Waals surface area contributed by atoms with Gasteiger partial charge in [0.05, 0.1) is 15.7 Å². The first-order valence-electron chi connectivity index (χ1n) is 4.83. The Bertz CT molecular complexity index is 306. The van der Waals surface area contributed by atoms with Crippen molar-refractivity contribution in [1.82, 2.24) is 0 Å². The van der Waals surface area contributed by atoms with E-state index in [9.17, 15) is 0 Å². The molecule has 0 aliphatic rings. The van der Waals surface area contributed by atoms with Gasteiger partial charge in [-0.2, -0.15) is 0 Å². The molecule has 0 bridgehead atoms. The first kappa shape index (κ1) is 11.7. The second-order valence-electron chi connectivity index (χ2n) is 3.15. The molecule has 1 nitrogen and oxygen atoms in total. The van der Waals surface area contributed by atoms with Gasteiger partial charge in [-0.15, -0.1) is 0 Å². The smallest absolute Gasteiger partial charge is 0.0722 e. The van der Waals surface area contributed by atoms with E-state index in [-0.39, 0.29) is 0 Å². The van der Waals surface area contributed by atoms with E-state index in [2.05, 4.69) is 25.2 Å². The zero-order chi connectivity index (χ0) is 10.7. The van der Waals surface area contributed by atoms with Crippen LogP contribution in [0.2, 0.25) is 10.0 Å². The van der Waals surface area contributed by atoms with E-state index >= 15 is 0 Å². The Morgan fingerprint density at radius 2 is 1.50 bits per heavy atom. The van der Waals surface area contributed by atoms with Crippen LogP contribution in [0.15, 0.2) is 6.07 Å². The van der Waals surface area contributed by atoms with Crippen LogP contribution < -0.4 is 5.32 Å². The Labute approximate surface area is 95.4 Å². The minimum absolute atomic E-state index is 0.747. The van der Waals surface area contributed by atoms with Gasteiger partial charge in [-0.05, 0) is 24.0 Å². The van der Waals surface area contributed by atoms with E-state index in [4.69, 9.17) is 23.2 Å². The average molecular weight is 232 g/mol. The van der Waals surface area contributed by atoms with Crippen molar-refractivity contribution in [3.63, 3.8) is 0 Å². The fourth-order valence-corrected chi connectivity index (χ4v) is 2.29. The molecule has 0 amide bonds. The highest BCUT2D eigenvalue weighted by Crippen LogP contribution is 2.36. The van der Waals surface area contributed by atoms with Crippen LogP contribution in [0.25, 0.3) is 0 Å². The van der Waals surface area contributed by atoms with Crippen LogP contribution in [0.1, 0.15) is 25.0 Å². The molecule has 14 heavy (non-hydrogen) atoms. The van der Waals surface area contributed by atoms with Crippen molar-refractivity contribution in [2.75, 3.05) is 12.4 Å². The topological polar surface area (TPSA) is 12.0 Å². The van der Waals surface area contributed by atoms with Crippen molar-refractivity contribution in [3.8, 4) is 0 Å². The molecule has 1 rings (SSSR count). The Hall–Kier alpha value is -0.400. The Balaban J connectivity index is 3.39. The molecule has 0 unspecified atom stereocenters. The van der Waals surface area contributed by atoms with Gasteiger partial charge in [-0.25, -0.2) is 0 Å². The maximum atomic E-state index is 6.20. The van der Waals surface area contributed by atoms with Gasteiger partial charge in [0.2, 0.25) is 0 Å². The number of hydrogen-bond acceptors (Lipinski definition) is 1. The van der Waals surface area contributed by atoms with Crippen molar-refractivity contribution in [2.24, 2.45) is 0 Å². The van der Waals surface area contributed by atoms with Crippen LogP contribution in [0, 0.1) is 0 Å². The molecule has 78 valence electrons. The average Bonchev–Trinajstić information content (AvgIpc) is 2.19.